The Labute approximate surface area is 209 Å². The van der Waals surface area contributed by atoms with Crippen LogP contribution in [0.25, 0.3) is 22.1 Å². The molecule has 1 N–H and O–H groups in total. The van der Waals surface area contributed by atoms with Crippen molar-refractivity contribution < 1.29 is 9.90 Å². The van der Waals surface area contributed by atoms with Crippen LogP contribution in [0.5, 0.6) is 0 Å². The first-order valence-corrected chi connectivity index (χ1v) is 11.7. The Morgan fingerprint density at radius 1 is 0.811 bits per heavy atom. The molecule has 184 valence electrons. The van der Waals surface area contributed by atoms with E-state index in [1.165, 1.54) is 6.07 Å². The molecule has 0 aliphatic rings. The van der Waals surface area contributed by atoms with Gasteiger partial charge in [0, 0.05) is 6.54 Å². The van der Waals surface area contributed by atoms with Crippen molar-refractivity contribution in [2.75, 3.05) is 0 Å². The first kappa shape index (κ1) is 22.4. The molecule has 0 fully saturated rings. The van der Waals surface area contributed by atoms with E-state index in [2.05, 4.69) is 20.1 Å². The molecule has 6 aromatic rings. The zero-order valence-corrected chi connectivity index (χ0v) is 19.7. The van der Waals surface area contributed by atoms with Gasteiger partial charge in [-0.1, -0.05) is 36.4 Å². The van der Waals surface area contributed by atoms with Gasteiger partial charge < -0.3 is 9.67 Å². The quantitative estimate of drug-likeness (QED) is 0.345. The molecule has 3 aromatic heterocycles. The lowest BCUT2D eigenvalue weighted by Gasteiger charge is -2.10. The van der Waals surface area contributed by atoms with Gasteiger partial charge in [-0.3, -0.25) is 9.13 Å². The largest absolute Gasteiger partial charge is 0.478 e. The highest BCUT2D eigenvalue weighted by molar-refractivity contribution is 5.87. The van der Waals surface area contributed by atoms with Gasteiger partial charge in [0.15, 0.2) is 0 Å². The van der Waals surface area contributed by atoms with Crippen LogP contribution in [0.15, 0.2) is 83.9 Å². The lowest BCUT2D eigenvalue weighted by atomic mass is 10.1. The van der Waals surface area contributed by atoms with Crippen molar-refractivity contribution in [3.63, 3.8) is 0 Å². The topological polar surface area (TPSA) is 126 Å². The molecule has 0 aliphatic carbocycles. The van der Waals surface area contributed by atoms with E-state index in [0.717, 1.165) is 33.5 Å². The second-order valence-corrected chi connectivity index (χ2v) is 8.69. The Balaban J connectivity index is 1.41. The number of carbonyl (C=O) groups is 1. The predicted molar refractivity (Wildman–Crippen MR) is 135 cm³/mol. The van der Waals surface area contributed by atoms with Crippen molar-refractivity contribution in [3.8, 4) is 0 Å². The number of aromatic nitrogens is 8. The molecule has 0 amide bonds. The van der Waals surface area contributed by atoms with Crippen molar-refractivity contribution in [2.45, 2.75) is 26.2 Å². The number of hydrogen-bond acceptors (Lipinski definition) is 6. The molecule has 0 atom stereocenters. The Kier molecular flexibility index (Phi) is 5.56. The molecule has 3 aromatic carbocycles. The summed E-state index contributed by atoms with van der Waals surface area (Å²) in [4.78, 5) is 30.0. The van der Waals surface area contributed by atoms with Gasteiger partial charge in [0.05, 0.1) is 47.3 Å². The second kappa shape index (κ2) is 9.19. The average molecular weight is 495 g/mol. The van der Waals surface area contributed by atoms with Crippen LogP contribution in [0.4, 0.5) is 0 Å². The maximum atomic E-state index is 13.7. The van der Waals surface area contributed by atoms with Gasteiger partial charge in [0.1, 0.15) is 12.2 Å². The molecule has 0 saturated heterocycles. The minimum absolute atomic E-state index is 0.186. The zero-order chi connectivity index (χ0) is 25.4. The van der Waals surface area contributed by atoms with Crippen molar-refractivity contribution in [1.82, 2.24) is 38.9 Å². The van der Waals surface area contributed by atoms with E-state index in [4.69, 9.17) is 4.98 Å². The van der Waals surface area contributed by atoms with E-state index in [1.807, 2.05) is 54.6 Å². The van der Waals surface area contributed by atoms with Crippen LogP contribution in [0, 0.1) is 0 Å². The third kappa shape index (κ3) is 4.16. The molecule has 3 heterocycles. The third-order valence-electron chi connectivity index (χ3n) is 6.42. The fraction of sp³-hybridized carbons (Fsp3) is 0.154. The van der Waals surface area contributed by atoms with E-state index in [0.29, 0.717) is 13.1 Å². The zero-order valence-electron chi connectivity index (χ0n) is 19.7. The van der Waals surface area contributed by atoms with Crippen molar-refractivity contribution in [3.05, 3.63) is 107 Å². The maximum Gasteiger partial charge on any atom is 0.335 e. The summed E-state index contributed by atoms with van der Waals surface area (Å²) in [5.74, 6) is -0.260. The van der Waals surface area contributed by atoms with Gasteiger partial charge >= 0.3 is 11.7 Å². The molecule has 0 aliphatic heterocycles. The highest BCUT2D eigenvalue weighted by Gasteiger charge is 2.18. The Hall–Kier alpha value is -5.06. The van der Waals surface area contributed by atoms with Gasteiger partial charge in [-0.05, 0) is 52.4 Å². The summed E-state index contributed by atoms with van der Waals surface area (Å²) in [6.45, 7) is 1.65. The number of rotatable bonds is 8. The minimum atomic E-state index is -1.00. The standard InChI is InChI=1S/C26H22N8O3/c35-25(36)19-7-5-6-18(14-19)15-33-22-10-3-4-11-23(22)34(26(33)37)16-24-28-20-8-1-2-9-21(20)32(24)13-12-31-17-27-29-30-31/h1-11,14,17H,12-13,15-16H2,(H,35,36). The van der Waals surface area contributed by atoms with E-state index in [9.17, 15) is 14.7 Å². The van der Waals surface area contributed by atoms with Gasteiger partial charge in [-0.15, -0.1) is 5.10 Å². The van der Waals surface area contributed by atoms with Crippen molar-refractivity contribution in [1.29, 1.82) is 0 Å². The summed E-state index contributed by atoms with van der Waals surface area (Å²) in [5.41, 5.74) is 4.08. The number of hydrogen-bond donors (Lipinski definition) is 1. The van der Waals surface area contributed by atoms with Crippen LogP contribution < -0.4 is 5.69 Å². The molecule has 0 radical (unpaired) electrons. The summed E-state index contributed by atoms with van der Waals surface area (Å²) in [6, 6.07) is 22.1. The molecule has 0 saturated carbocycles. The summed E-state index contributed by atoms with van der Waals surface area (Å²) in [5, 5.41) is 20.7. The van der Waals surface area contributed by atoms with Crippen molar-refractivity contribution in [2.24, 2.45) is 0 Å². The van der Waals surface area contributed by atoms with Gasteiger partial charge in [-0.25, -0.2) is 19.3 Å². The number of aryl methyl sites for hydroxylation is 2. The number of tetrazole rings is 1. The third-order valence-corrected chi connectivity index (χ3v) is 6.42. The minimum Gasteiger partial charge on any atom is -0.478 e. The molecule has 0 bridgehead atoms. The van der Waals surface area contributed by atoms with E-state index in [1.54, 1.807) is 32.3 Å². The van der Waals surface area contributed by atoms with Crippen LogP contribution in [0.2, 0.25) is 0 Å². The number of carboxylic acid groups (broad SMARTS) is 1. The molecule has 11 heteroatoms. The second-order valence-electron chi connectivity index (χ2n) is 8.69. The highest BCUT2D eigenvalue weighted by atomic mass is 16.4. The molecule has 6 rings (SSSR count). The summed E-state index contributed by atoms with van der Waals surface area (Å²) in [7, 11) is 0. The first-order chi connectivity index (χ1) is 18.1. The lowest BCUT2D eigenvalue weighted by molar-refractivity contribution is 0.0696. The molecule has 0 unspecified atom stereocenters. The number of fused-ring (bicyclic) bond motifs is 2. The molecule has 0 spiro atoms. The predicted octanol–water partition coefficient (Wildman–Crippen LogP) is 2.63. The summed E-state index contributed by atoms with van der Waals surface area (Å²) < 4.78 is 7.13. The Bertz CT molecular complexity index is 1800. The summed E-state index contributed by atoms with van der Waals surface area (Å²) >= 11 is 0. The molecule has 37 heavy (non-hydrogen) atoms. The summed E-state index contributed by atoms with van der Waals surface area (Å²) in [6.07, 6.45) is 1.57. The number of para-hydroxylation sites is 4. The fourth-order valence-electron chi connectivity index (χ4n) is 4.69. The van der Waals surface area contributed by atoms with Crippen LogP contribution in [0.1, 0.15) is 21.7 Å². The number of imidazole rings is 2. The number of aromatic carboxylic acids is 1. The van der Waals surface area contributed by atoms with Crippen LogP contribution >= 0.6 is 0 Å². The Morgan fingerprint density at radius 3 is 2.27 bits per heavy atom. The molecular weight excluding hydrogens is 472 g/mol. The first-order valence-electron chi connectivity index (χ1n) is 11.7. The maximum absolute atomic E-state index is 13.7. The van der Waals surface area contributed by atoms with Crippen molar-refractivity contribution >= 4 is 28.0 Å². The van der Waals surface area contributed by atoms with Gasteiger partial charge in [0.2, 0.25) is 0 Å². The van der Waals surface area contributed by atoms with Gasteiger partial charge in [0.25, 0.3) is 0 Å². The van der Waals surface area contributed by atoms with E-state index < -0.39 is 5.97 Å². The highest BCUT2D eigenvalue weighted by Crippen LogP contribution is 2.20. The van der Waals surface area contributed by atoms with Crippen LogP contribution in [0.3, 0.4) is 0 Å². The lowest BCUT2D eigenvalue weighted by Crippen LogP contribution is -2.26. The van der Waals surface area contributed by atoms with Crippen LogP contribution in [-0.2, 0) is 26.2 Å². The van der Waals surface area contributed by atoms with Gasteiger partial charge in [-0.2, -0.15) is 0 Å². The molecular formula is C26H22N8O3. The molecule has 11 nitrogen and oxygen atoms in total. The normalized spacial score (nSPS) is 11.5. The van der Waals surface area contributed by atoms with E-state index >= 15 is 0 Å². The monoisotopic (exact) mass is 494 g/mol. The average Bonchev–Trinajstić information content (AvgIpc) is 3.62. The van der Waals surface area contributed by atoms with Crippen LogP contribution in [-0.4, -0.2) is 50.0 Å². The number of nitrogens with zero attached hydrogens (tertiary/aromatic N) is 8. The van der Waals surface area contributed by atoms with E-state index in [-0.39, 0.29) is 24.3 Å². The number of benzene rings is 3. The SMILES string of the molecule is O=C(O)c1cccc(Cn2c(=O)n(Cc3nc4ccccc4n3CCn3cnnn3)c3ccccc32)c1. The fourth-order valence-corrected chi connectivity index (χ4v) is 4.69. The number of carboxylic acids is 1. The Morgan fingerprint density at radius 2 is 1.54 bits per heavy atom. The smallest absolute Gasteiger partial charge is 0.335 e.